The molecule has 48 heavy (non-hydrogen) atoms. The molecule has 6 rings (SSSR count). The minimum Gasteiger partial charge on any atom is -0.490 e. The number of carbonyl (C=O) groups excluding carboxylic acids is 2. The van der Waals surface area contributed by atoms with Crippen LogP contribution in [0.1, 0.15) is 73.4 Å². The van der Waals surface area contributed by atoms with E-state index in [9.17, 15) is 13.8 Å². The lowest BCUT2D eigenvalue weighted by atomic mass is 9.68. The molecule has 1 fully saturated rings. The number of carbonyl (C=O) groups is 2. The van der Waals surface area contributed by atoms with Crippen LogP contribution in [0.3, 0.4) is 0 Å². The first-order chi connectivity index (χ1) is 23.1. The van der Waals surface area contributed by atoms with Crippen molar-refractivity contribution in [1.29, 1.82) is 0 Å². The lowest BCUT2D eigenvalue weighted by molar-refractivity contribution is -0.116. The van der Waals surface area contributed by atoms with Crippen LogP contribution in [0.5, 0.6) is 5.75 Å². The highest BCUT2D eigenvalue weighted by Crippen LogP contribution is 2.47. The molecule has 8 nitrogen and oxygen atoms in total. The number of nitrogens with zero attached hydrogens (tertiary/aromatic N) is 2. The topological polar surface area (TPSA) is 94.5 Å². The fraction of sp³-hybridized carbons (Fsp3) is 0.579. The van der Waals surface area contributed by atoms with Crippen molar-refractivity contribution in [3.63, 3.8) is 0 Å². The van der Waals surface area contributed by atoms with Gasteiger partial charge in [-0.3, -0.25) is 9.59 Å². The van der Waals surface area contributed by atoms with Gasteiger partial charge in [0.15, 0.2) is 0 Å². The van der Waals surface area contributed by atoms with Crippen molar-refractivity contribution in [3.8, 4) is 5.75 Å². The van der Waals surface area contributed by atoms with E-state index in [0.29, 0.717) is 43.5 Å². The summed E-state index contributed by atoms with van der Waals surface area (Å²) < 4.78 is 36.5. The number of ether oxygens (including phenoxy) is 3. The predicted molar refractivity (Wildman–Crippen MR) is 191 cm³/mol. The van der Waals surface area contributed by atoms with Crippen molar-refractivity contribution in [2.75, 3.05) is 56.9 Å². The first-order valence-corrected chi connectivity index (χ1v) is 19.6. The van der Waals surface area contributed by atoms with Crippen LogP contribution in [-0.4, -0.2) is 74.0 Å². The van der Waals surface area contributed by atoms with E-state index in [0.717, 1.165) is 61.7 Å². The SMILES string of the molecule is COCCCC(=O)C[S@@]1(=O)=NC(=O)c2ccc3c(c2)N(C[C@@H]2CC[C@H]2[C@@H](OC)/C=C/C[C@H](C)C1)C[C@@]1(CCCc2cc(Cl)ccc21)CO3. The van der Waals surface area contributed by atoms with Crippen LogP contribution in [0.2, 0.25) is 5.02 Å². The second-order valence-corrected chi connectivity index (χ2v) is 17.2. The van der Waals surface area contributed by atoms with Crippen molar-refractivity contribution in [3.05, 3.63) is 70.3 Å². The third kappa shape index (κ3) is 7.69. The van der Waals surface area contributed by atoms with E-state index >= 15 is 0 Å². The van der Waals surface area contributed by atoms with Gasteiger partial charge in [0.25, 0.3) is 5.91 Å². The number of ketones is 1. The maximum Gasteiger partial charge on any atom is 0.285 e. The van der Waals surface area contributed by atoms with Crippen LogP contribution < -0.4 is 9.64 Å². The van der Waals surface area contributed by atoms with E-state index in [1.54, 1.807) is 20.3 Å². The quantitative estimate of drug-likeness (QED) is 0.226. The number of rotatable bonds is 7. The van der Waals surface area contributed by atoms with Crippen molar-refractivity contribution >= 4 is 38.7 Å². The number of allylic oxidation sites excluding steroid dienone is 1. The van der Waals surface area contributed by atoms with Crippen LogP contribution in [0, 0.1) is 17.8 Å². The van der Waals surface area contributed by atoms with Gasteiger partial charge in [0.2, 0.25) is 0 Å². The molecule has 260 valence electrons. The van der Waals surface area contributed by atoms with Crippen molar-refractivity contribution in [2.24, 2.45) is 22.1 Å². The van der Waals surface area contributed by atoms with Gasteiger partial charge < -0.3 is 19.1 Å². The zero-order valence-electron chi connectivity index (χ0n) is 28.5. The highest BCUT2D eigenvalue weighted by molar-refractivity contribution is 7.94. The Bertz CT molecular complexity index is 1670. The Morgan fingerprint density at radius 1 is 1.19 bits per heavy atom. The maximum atomic E-state index is 14.4. The van der Waals surface area contributed by atoms with E-state index in [4.69, 9.17) is 25.8 Å². The number of anilines is 1. The number of Topliss-reactive ketones (excluding diaryl/α,β-unsaturated/α-hetero) is 1. The Morgan fingerprint density at radius 2 is 2.04 bits per heavy atom. The molecule has 4 aliphatic rings. The van der Waals surface area contributed by atoms with Gasteiger partial charge in [-0.15, -0.1) is 0 Å². The smallest absolute Gasteiger partial charge is 0.285 e. The molecule has 0 N–H and O–H groups in total. The van der Waals surface area contributed by atoms with Gasteiger partial charge in [-0.2, -0.15) is 4.36 Å². The van der Waals surface area contributed by atoms with Gasteiger partial charge in [-0.25, -0.2) is 4.21 Å². The molecular weight excluding hydrogens is 648 g/mol. The highest BCUT2D eigenvalue weighted by atomic mass is 35.5. The summed E-state index contributed by atoms with van der Waals surface area (Å²) in [4.78, 5) is 29.2. The van der Waals surface area contributed by atoms with Crippen molar-refractivity contribution in [2.45, 2.75) is 69.8 Å². The minimum atomic E-state index is -3.17. The number of fused-ring (bicyclic) bond motifs is 4. The van der Waals surface area contributed by atoms with Crippen LogP contribution in [-0.2, 0) is 35.8 Å². The number of hydrogen-bond acceptors (Lipinski definition) is 7. The Kier molecular flexibility index (Phi) is 11.0. The van der Waals surface area contributed by atoms with Crippen LogP contribution in [0.4, 0.5) is 5.69 Å². The Labute approximate surface area is 290 Å². The van der Waals surface area contributed by atoms with E-state index in [-0.39, 0.29) is 41.1 Å². The number of halogens is 1. The molecule has 1 spiro atoms. The summed E-state index contributed by atoms with van der Waals surface area (Å²) in [6.45, 7) is 4.52. The summed E-state index contributed by atoms with van der Waals surface area (Å²) in [6, 6.07) is 11.7. The molecule has 0 radical (unpaired) electrons. The van der Waals surface area contributed by atoms with Crippen LogP contribution in [0.15, 0.2) is 52.9 Å². The highest BCUT2D eigenvalue weighted by Gasteiger charge is 2.44. The molecule has 2 heterocycles. The zero-order chi connectivity index (χ0) is 33.9. The number of aryl methyl sites for hydroxylation is 1. The average Bonchev–Trinajstić information content (AvgIpc) is 3.18. The van der Waals surface area contributed by atoms with Gasteiger partial charge >= 0.3 is 0 Å². The van der Waals surface area contributed by atoms with Gasteiger partial charge in [-0.1, -0.05) is 36.7 Å². The molecule has 6 atom stereocenters. The van der Waals surface area contributed by atoms with E-state index < -0.39 is 15.6 Å². The second kappa shape index (κ2) is 15.0. The molecule has 0 aromatic heterocycles. The molecule has 2 aromatic rings. The first-order valence-electron chi connectivity index (χ1n) is 17.4. The lowest BCUT2D eigenvalue weighted by Gasteiger charge is -2.46. The third-order valence-corrected chi connectivity index (χ3v) is 13.4. The Balaban J connectivity index is 1.41. The van der Waals surface area contributed by atoms with E-state index in [2.05, 4.69) is 33.5 Å². The Morgan fingerprint density at radius 3 is 2.81 bits per heavy atom. The number of methoxy groups -OCH3 is 2. The molecule has 2 aliphatic heterocycles. The lowest BCUT2D eigenvalue weighted by Crippen LogP contribution is -2.49. The molecule has 10 heteroatoms. The fourth-order valence-electron chi connectivity index (χ4n) is 8.21. The molecule has 0 unspecified atom stereocenters. The second-order valence-electron chi connectivity index (χ2n) is 14.4. The molecular formula is C38H49ClN2O6S. The molecule has 2 aliphatic carbocycles. The molecule has 2 aromatic carbocycles. The standard InChI is InChI=1S/C38H49ClN2O6S/c1-26-7-4-10-35(46-3)32-14-11-29(32)21-41-24-38(17-5-8-27-19-30(39)13-15-33(27)38)25-47-36-16-12-28(20-34(36)41)37(43)40-48(44,22-26)23-31(42)9-6-18-45-2/h4,10,12-13,15-16,19-20,26,29,32,35H,5-9,11,14,17-18,21-25H2,1-3H3/b10-4+/t26-,29-,32+,35-,38-,48+/m0/s1. The van der Waals surface area contributed by atoms with Crippen molar-refractivity contribution < 1.29 is 28.0 Å². The summed E-state index contributed by atoms with van der Waals surface area (Å²) in [5.41, 5.74) is 3.54. The number of amides is 1. The van der Waals surface area contributed by atoms with Gasteiger partial charge in [0.1, 0.15) is 11.5 Å². The number of hydrogen-bond donors (Lipinski definition) is 0. The largest absolute Gasteiger partial charge is 0.490 e. The summed E-state index contributed by atoms with van der Waals surface area (Å²) >= 11 is 6.45. The first kappa shape index (κ1) is 35.1. The third-order valence-electron chi connectivity index (χ3n) is 10.8. The summed E-state index contributed by atoms with van der Waals surface area (Å²) in [6.07, 6.45) is 10.9. The maximum absolute atomic E-state index is 14.4. The summed E-state index contributed by atoms with van der Waals surface area (Å²) in [5, 5.41) is 0.749. The van der Waals surface area contributed by atoms with E-state index in [1.165, 1.54) is 11.1 Å². The molecule has 1 amide bonds. The normalized spacial score (nSPS) is 31.0. The molecule has 1 saturated carbocycles. The number of benzene rings is 2. The van der Waals surface area contributed by atoms with Crippen LogP contribution in [0.25, 0.3) is 0 Å². The predicted octanol–water partition coefficient (Wildman–Crippen LogP) is 7.05. The summed E-state index contributed by atoms with van der Waals surface area (Å²) in [7, 11) is 0.201. The zero-order valence-corrected chi connectivity index (χ0v) is 30.0. The molecule has 2 bridgehead atoms. The summed E-state index contributed by atoms with van der Waals surface area (Å²) in [5.74, 6) is 0.661. The fourth-order valence-corrected chi connectivity index (χ4v) is 10.7. The van der Waals surface area contributed by atoms with E-state index in [1.807, 2.05) is 25.1 Å². The van der Waals surface area contributed by atoms with Gasteiger partial charge in [0.05, 0.1) is 33.9 Å². The average molecular weight is 697 g/mol. The van der Waals surface area contributed by atoms with Crippen LogP contribution >= 0.6 is 11.6 Å². The van der Waals surface area contributed by atoms with Crippen molar-refractivity contribution in [1.82, 2.24) is 0 Å². The van der Waals surface area contributed by atoms with Gasteiger partial charge in [0, 0.05) is 62.1 Å². The molecule has 0 saturated heterocycles. The van der Waals surface area contributed by atoms with Gasteiger partial charge in [-0.05, 0) is 104 Å². The monoisotopic (exact) mass is 696 g/mol. The Hall–Kier alpha value is -2.72. The minimum absolute atomic E-state index is 0.0256.